The predicted octanol–water partition coefficient (Wildman–Crippen LogP) is 2.40. The van der Waals surface area contributed by atoms with Crippen LogP contribution in [0.4, 0.5) is 0 Å². The van der Waals surface area contributed by atoms with Gasteiger partial charge in [0.2, 0.25) is 0 Å². The zero-order valence-electron chi connectivity index (χ0n) is 16.3. The Hall–Kier alpha value is -1.56. The minimum atomic E-state index is 0.775. The summed E-state index contributed by atoms with van der Waals surface area (Å²) in [6.07, 6.45) is 11.6. The number of hydrogen-bond acceptors (Lipinski definition) is 3. The second-order valence-corrected chi connectivity index (χ2v) is 6.89. The first-order chi connectivity index (χ1) is 12.2. The van der Waals surface area contributed by atoms with Crippen molar-refractivity contribution >= 4 is 5.96 Å². The Labute approximate surface area is 153 Å². The van der Waals surface area contributed by atoms with Crippen LogP contribution < -0.4 is 10.6 Å². The van der Waals surface area contributed by atoms with Crippen molar-refractivity contribution in [2.75, 3.05) is 33.2 Å². The summed E-state index contributed by atoms with van der Waals surface area (Å²) in [5, 5.41) is 6.88. The standard InChI is InChI=1S/C19H36N6/c1-4-18-9-5-7-14-25(18)16-12-23-19(20-3)22-10-6-8-13-24-15-11-21-17(24)2/h11,15,18H,4-10,12-14,16H2,1-3H3,(H2,20,22,23). The molecule has 1 aliphatic rings. The largest absolute Gasteiger partial charge is 0.356 e. The van der Waals surface area contributed by atoms with Crippen molar-refractivity contribution in [1.82, 2.24) is 25.1 Å². The molecule has 1 saturated heterocycles. The number of unbranched alkanes of at least 4 members (excludes halogenated alkanes) is 1. The molecule has 0 radical (unpaired) electrons. The molecule has 1 atom stereocenters. The molecule has 1 aliphatic heterocycles. The van der Waals surface area contributed by atoms with E-state index < -0.39 is 0 Å². The molecule has 1 unspecified atom stereocenters. The van der Waals surface area contributed by atoms with Crippen molar-refractivity contribution in [2.45, 2.75) is 65.0 Å². The molecule has 0 saturated carbocycles. The SMILES string of the molecule is CCC1CCCCN1CCNC(=NC)NCCCCn1ccnc1C. The monoisotopic (exact) mass is 348 g/mol. The van der Waals surface area contributed by atoms with Gasteiger partial charge in [-0.15, -0.1) is 0 Å². The molecule has 0 aromatic carbocycles. The van der Waals surface area contributed by atoms with Crippen molar-refractivity contribution in [3.8, 4) is 0 Å². The van der Waals surface area contributed by atoms with Crippen LogP contribution >= 0.6 is 0 Å². The number of hydrogen-bond donors (Lipinski definition) is 2. The molecular weight excluding hydrogens is 312 g/mol. The van der Waals surface area contributed by atoms with Gasteiger partial charge in [-0.1, -0.05) is 13.3 Å². The van der Waals surface area contributed by atoms with Crippen molar-refractivity contribution in [3.05, 3.63) is 18.2 Å². The molecule has 25 heavy (non-hydrogen) atoms. The Morgan fingerprint density at radius 1 is 1.24 bits per heavy atom. The van der Waals surface area contributed by atoms with Gasteiger partial charge in [-0.05, 0) is 45.6 Å². The lowest BCUT2D eigenvalue weighted by Crippen LogP contribution is -2.46. The number of piperidine rings is 1. The fourth-order valence-corrected chi connectivity index (χ4v) is 3.61. The van der Waals surface area contributed by atoms with E-state index in [0.29, 0.717) is 0 Å². The number of likely N-dealkylation sites (tertiary alicyclic amines) is 1. The summed E-state index contributed by atoms with van der Waals surface area (Å²) < 4.78 is 2.20. The molecule has 2 heterocycles. The van der Waals surface area contributed by atoms with Gasteiger partial charge in [0.1, 0.15) is 5.82 Å². The second-order valence-electron chi connectivity index (χ2n) is 6.89. The van der Waals surface area contributed by atoms with Crippen LogP contribution in [-0.2, 0) is 6.54 Å². The van der Waals surface area contributed by atoms with Gasteiger partial charge in [0.15, 0.2) is 5.96 Å². The highest BCUT2D eigenvalue weighted by atomic mass is 15.2. The summed E-state index contributed by atoms with van der Waals surface area (Å²) in [5.41, 5.74) is 0. The van der Waals surface area contributed by atoms with Crippen molar-refractivity contribution < 1.29 is 0 Å². The molecule has 2 N–H and O–H groups in total. The number of imidazole rings is 1. The number of nitrogens with zero attached hydrogens (tertiary/aromatic N) is 4. The molecule has 2 rings (SSSR count). The zero-order valence-corrected chi connectivity index (χ0v) is 16.3. The van der Waals surface area contributed by atoms with Crippen LogP contribution in [-0.4, -0.2) is 59.7 Å². The molecular formula is C19H36N6. The average Bonchev–Trinajstić information content (AvgIpc) is 3.05. The van der Waals surface area contributed by atoms with Crippen LogP contribution in [0.3, 0.4) is 0 Å². The first-order valence-corrected chi connectivity index (χ1v) is 9.91. The normalized spacial score (nSPS) is 19.2. The third kappa shape index (κ3) is 6.69. The zero-order chi connectivity index (χ0) is 17.9. The van der Waals surface area contributed by atoms with Crippen molar-refractivity contribution in [2.24, 2.45) is 4.99 Å². The highest BCUT2D eigenvalue weighted by molar-refractivity contribution is 5.79. The summed E-state index contributed by atoms with van der Waals surface area (Å²) in [6.45, 7) is 9.67. The topological polar surface area (TPSA) is 57.5 Å². The second kappa shape index (κ2) is 11.1. The van der Waals surface area contributed by atoms with Crippen LogP contribution in [0.15, 0.2) is 17.4 Å². The minimum absolute atomic E-state index is 0.775. The van der Waals surface area contributed by atoms with Crippen LogP contribution in [0, 0.1) is 6.92 Å². The summed E-state index contributed by atoms with van der Waals surface area (Å²) in [7, 11) is 1.85. The highest BCUT2D eigenvalue weighted by Gasteiger charge is 2.19. The van der Waals surface area contributed by atoms with Crippen LogP contribution in [0.1, 0.15) is 51.3 Å². The summed E-state index contributed by atoms with van der Waals surface area (Å²) in [5.74, 6) is 2.01. The van der Waals surface area contributed by atoms with E-state index in [9.17, 15) is 0 Å². The lowest BCUT2D eigenvalue weighted by atomic mass is 10.0. The van der Waals surface area contributed by atoms with E-state index in [-0.39, 0.29) is 0 Å². The molecule has 0 amide bonds. The van der Waals surface area contributed by atoms with Crippen LogP contribution in [0.2, 0.25) is 0 Å². The number of rotatable bonds is 9. The summed E-state index contributed by atoms with van der Waals surface area (Å²) in [4.78, 5) is 11.2. The molecule has 0 bridgehead atoms. The van der Waals surface area contributed by atoms with E-state index >= 15 is 0 Å². The van der Waals surface area contributed by atoms with Gasteiger partial charge in [0.05, 0.1) is 0 Å². The van der Waals surface area contributed by atoms with Crippen molar-refractivity contribution in [3.63, 3.8) is 0 Å². The van der Waals surface area contributed by atoms with Gasteiger partial charge in [0.25, 0.3) is 0 Å². The molecule has 1 fully saturated rings. The minimum Gasteiger partial charge on any atom is -0.356 e. The van der Waals surface area contributed by atoms with E-state index in [4.69, 9.17) is 0 Å². The highest BCUT2D eigenvalue weighted by Crippen LogP contribution is 2.18. The predicted molar refractivity (Wildman–Crippen MR) is 105 cm³/mol. The Kier molecular flexibility index (Phi) is 8.80. The summed E-state index contributed by atoms with van der Waals surface area (Å²) in [6, 6.07) is 0.775. The molecule has 1 aromatic heterocycles. The molecule has 0 aliphatic carbocycles. The molecule has 6 heteroatoms. The van der Waals surface area contributed by atoms with Crippen LogP contribution in [0.5, 0.6) is 0 Å². The fourth-order valence-electron chi connectivity index (χ4n) is 3.61. The number of aliphatic imine (C=N–C) groups is 1. The van der Waals surface area contributed by atoms with Crippen LogP contribution in [0.25, 0.3) is 0 Å². The maximum Gasteiger partial charge on any atom is 0.191 e. The number of aromatic nitrogens is 2. The quantitative estimate of drug-likeness (QED) is 0.409. The lowest BCUT2D eigenvalue weighted by Gasteiger charge is -2.35. The molecule has 6 nitrogen and oxygen atoms in total. The van der Waals surface area contributed by atoms with E-state index in [1.165, 1.54) is 32.2 Å². The third-order valence-corrected chi connectivity index (χ3v) is 5.18. The molecule has 142 valence electrons. The van der Waals surface area contributed by atoms with Gasteiger partial charge < -0.3 is 15.2 Å². The maximum atomic E-state index is 4.33. The number of aryl methyl sites for hydroxylation is 2. The van der Waals surface area contributed by atoms with E-state index in [2.05, 4.69) is 43.9 Å². The van der Waals surface area contributed by atoms with Gasteiger partial charge >= 0.3 is 0 Å². The van der Waals surface area contributed by atoms with Gasteiger partial charge in [-0.25, -0.2) is 4.98 Å². The third-order valence-electron chi connectivity index (χ3n) is 5.18. The Morgan fingerprint density at radius 2 is 2.08 bits per heavy atom. The maximum absolute atomic E-state index is 4.33. The average molecular weight is 349 g/mol. The number of nitrogens with one attached hydrogen (secondary N) is 2. The van der Waals surface area contributed by atoms with Gasteiger partial charge in [-0.3, -0.25) is 9.89 Å². The number of guanidine groups is 1. The fraction of sp³-hybridized carbons (Fsp3) is 0.789. The van der Waals surface area contributed by atoms with Crippen molar-refractivity contribution in [1.29, 1.82) is 0 Å². The Balaban J connectivity index is 1.56. The van der Waals surface area contributed by atoms with E-state index in [0.717, 1.165) is 56.8 Å². The first kappa shape index (κ1) is 19.8. The van der Waals surface area contributed by atoms with E-state index in [1.807, 2.05) is 19.4 Å². The smallest absolute Gasteiger partial charge is 0.191 e. The summed E-state index contributed by atoms with van der Waals surface area (Å²) >= 11 is 0. The lowest BCUT2D eigenvalue weighted by molar-refractivity contribution is 0.147. The Bertz CT molecular complexity index is 510. The molecule has 0 spiro atoms. The van der Waals surface area contributed by atoms with Gasteiger partial charge in [-0.2, -0.15) is 0 Å². The Morgan fingerprint density at radius 3 is 2.80 bits per heavy atom. The van der Waals surface area contributed by atoms with Gasteiger partial charge in [0, 0.05) is 51.7 Å². The molecule has 1 aromatic rings. The van der Waals surface area contributed by atoms with E-state index in [1.54, 1.807) is 0 Å². The first-order valence-electron chi connectivity index (χ1n) is 9.91.